The van der Waals surface area contributed by atoms with E-state index < -0.39 is 24.3 Å². The second kappa shape index (κ2) is 9.72. The molecule has 2 aromatic heterocycles. The molecule has 6 fully saturated rings. The first kappa shape index (κ1) is 27.7. The van der Waals surface area contributed by atoms with Gasteiger partial charge in [-0.05, 0) is 62.3 Å². The van der Waals surface area contributed by atoms with Gasteiger partial charge < -0.3 is 15.1 Å². The van der Waals surface area contributed by atoms with Gasteiger partial charge in [0, 0.05) is 54.1 Å². The van der Waals surface area contributed by atoms with Crippen molar-refractivity contribution in [2.45, 2.75) is 82.2 Å². The fourth-order valence-electron chi connectivity index (χ4n) is 8.00. The van der Waals surface area contributed by atoms with E-state index in [-0.39, 0.29) is 38.1 Å². The number of aromatic nitrogens is 1. The highest BCUT2D eigenvalue weighted by Gasteiger charge is 2.51. The van der Waals surface area contributed by atoms with Crippen LogP contribution in [0.2, 0.25) is 0 Å². The summed E-state index contributed by atoms with van der Waals surface area (Å²) < 4.78 is 80.9. The Morgan fingerprint density at radius 2 is 1.80 bits per heavy atom. The first-order chi connectivity index (χ1) is 19.4. The maximum Gasteiger partial charge on any atom is 0.419 e. The molecule has 224 valence electrons. The molecule has 41 heavy (non-hydrogen) atoms. The Morgan fingerprint density at radius 3 is 2.41 bits per heavy atom. The largest absolute Gasteiger partial charge is 0.419 e. The monoisotopic (exact) mass is 600 g/mol. The first-order valence-corrected chi connectivity index (χ1v) is 15.5. The number of pyridine rings is 1. The summed E-state index contributed by atoms with van der Waals surface area (Å²) in [6.07, 6.45) is -0.809. The van der Waals surface area contributed by atoms with E-state index >= 15 is 0 Å². The lowest BCUT2D eigenvalue weighted by Crippen LogP contribution is -2.65. The summed E-state index contributed by atoms with van der Waals surface area (Å²) >= 11 is 0.789. The molecule has 0 radical (unpaired) electrons. The molecule has 4 aliphatic heterocycles. The Kier molecular flexibility index (Phi) is 6.58. The first-order valence-electron chi connectivity index (χ1n) is 14.7. The molecule has 8 rings (SSSR count). The molecule has 1 spiro atoms. The Balaban J connectivity index is 1.02. The smallest absolute Gasteiger partial charge is 0.369 e. The lowest BCUT2D eigenvalue weighted by atomic mass is 9.68. The predicted molar refractivity (Wildman–Crippen MR) is 144 cm³/mol. The minimum absolute atomic E-state index is 0.0495. The summed E-state index contributed by atoms with van der Waals surface area (Å²) in [6, 6.07) is 1.52. The van der Waals surface area contributed by atoms with Gasteiger partial charge in [-0.15, -0.1) is 11.3 Å². The third-order valence-electron chi connectivity index (χ3n) is 10.3. The van der Waals surface area contributed by atoms with Crippen LogP contribution < -0.4 is 10.2 Å². The van der Waals surface area contributed by atoms with Crippen LogP contribution in [-0.4, -0.2) is 60.2 Å². The number of fused-ring (bicyclic) bond motifs is 4. The standard InChI is InChI=1S/C29H34F6N4OS/c30-28(31,32)12-19-11-20-24(21(29(33,34)35)13-36-25(20)41-19)39-14-27(15-39)5-7-38(8-6-27)26(40)23-17-3-4-22(37-23)18(10-17)9-16-1-2-16/h11,13,16-18,22-23,37H,1-10,12,14-15H2/t17-,18+,22+,23+/m1/s1. The van der Waals surface area contributed by atoms with Crippen LogP contribution in [-0.2, 0) is 17.4 Å². The van der Waals surface area contributed by atoms with Gasteiger partial charge in [-0.2, -0.15) is 26.3 Å². The lowest BCUT2D eigenvalue weighted by molar-refractivity contribution is -0.141. The van der Waals surface area contributed by atoms with Gasteiger partial charge in [0.25, 0.3) is 0 Å². The number of nitrogens with zero attached hydrogens (tertiary/aromatic N) is 3. The van der Waals surface area contributed by atoms with E-state index in [1.807, 2.05) is 4.90 Å². The van der Waals surface area contributed by atoms with Crippen LogP contribution in [0.4, 0.5) is 32.0 Å². The number of anilines is 1. The van der Waals surface area contributed by atoms with Crippen LogP contribution in [0.15, 0.2) is 12.3 Å². The van der Waals surface area contributed by atoms with Crippen molar-refractivity contribution in [1.29, 1.82) is 0 Å². The highest BCUT2D eigenvalue weighted by molar-refractivity contribution is 7.18. The third-order valence-corrected chi connectivity index (χ3v) is 11.3. The number of halogens is 6. The molecule has 5 nitrogen and oxygen atoms in total. The number of piperidine rings is 3. The van der Waals surface area contributed by atoms with Crippen molar-refractivity contribution in [2.75, 3.05) is 31.1 Å². The topological polar surface area (TPSA) is 48.5 Å². The van der Waals surface area contributed by atoms with E-state index in [0.29, 0.717) is 56.9 Å². The quantitative estimate of drug-likeness (QED) is 0.404. The van der Waals surface area contributed by atoms with Gasteiger partial charge in [0.05, 0.1) is 23.7 Å². The number of carbonyl (C=O) groups is 1. The Labute approximate surface area is 238 Å². The average molecular weight is 601 g/mol. The van der Waals surface area contributed by atoms with Gasteiger partial charge in [-0.3, -0.25) is 4.79 Å². The summed E-state index contributed by atoms with van der Waals surface area (Å²) in [4.78, 5) is 21.1. The maximum atomic E-state index is 14.0. The van der Waals surface area contributed by atoms with Crippen LogP contribution >= 0.6 is 11.3 Å². The molecular formula is C29H34F6N4OS. The summed E-state index contributed by atoms with van der Waals surface area (Å²) in [7, 11) is 0. The van der Waals surface area contributed by atoms with Crippen LogP contribution in [0.25, 0.3) is 10.2 Å². The van der Waals surface area contributed by atoms with E-state index in [0.717, 1.165) is 42.7 Å². The van der Waals surface area contributed by atoms with Crippen molar-refractivity contribution < 1.29 is 31.1 Å². The van der Waals surface area contributed by atoms with Gasteiger partial charge >= 0.3 is 12.4 Å². The summed E-state index contributed by atoms with van der Waals surface area (Å²) in [5, 5.41) is 3.81. The van der Waals surface area contributed by atoms with Crippen molar-refractivity contribution >= 4 is 33.1 Å². The molecule has 4 atom stereocenters. The molecule has 1 amide bonds. The van der Waals surface area contributed by atoms with Crippen LogP contribution in [0.3, 0.4) is 0 Å². The third kappa shape index (κ3) is 5.32. The molecular weight excluding hydrogens is 566 g/mol. The Bertz CT molecular complexity index is 1320. The molecule has 2 saturated carbocycles. The number of carbonyl (C=O) groups excluding carboxylic acids is 1. The highest BCUT2D eigenvalue weighted by Crippen LogP contribution is 2.50. The minimum atomic E-state index is -4.68. The predicted octanol–water partition coefficient (Wildman–Crippen LogP) is 6.41. The van der Waals surface area contributed by atoms with E-state index in [9.17, 15) is 31.1 Å². The summed E-state index contributed by atoms with van der Waals surface area (Å²) in [5.74, 6) is 2.12. The van der Waals surface area contributed by atoms with Gasteiger partial charge in [0.2, 0.25) is 5.91 Å². The molecule has 0 unspecified atom stereocenters. The Morgan fingerprint density at radius 1 is 1.07 bits per heavy atom. The fraction of sp³-hybridized carbons (Fsp3) is 0.724. The lowest BCUT2D eigenvalue weighted by Gasteiger charge is -2.56. The van der Waals surface area contributed by atoms with Crippen molar-refractivity contribution in [1.82, 2.24) is 15.2 Å². The number of hydrogen-bond acceptors (Lipinski definition) is 5. The van der Waals surface area contributed by atoms with Crippen LogP contribution in [0.1, 0.15) is 61.8 Å². The van der Waals surface area contributed by atoms with Crippen LogP contribution in [0, 0.1) is 23.2 Å². The molecule has 6 heterocycles. The molecule has 2 aliphatic carbocycles. The molecule has 1 N–H and O–H groups in total. The van der Waals surface area contributed by atoms with Gasteiger partial charge in [-0.1, -0.05) is 12.8 Å². The number of rotatable bonds is 5. The van der Waals surface area contributed by atoms with Gasteiger partial charge in [0.15, 0.2) is 0 Å². The van der Waals surface area contributed by atoms with Crippen molar-refractivity contribution in [3.63, 3.8) is 0 Å². The number of nitrogens with one attached hydrogen (secondary N) is 1. The number of amides is 1. The van der Waals surface area contributed by atoms with E-state index in [2.05, 4.69) is 10.3 Å². The normalized spacial score (nSPS) is 29.8. The second-order valence-corrected chi connectivity index (χ2v) is 14.3. The number of thiophene rings is 1. The zero-order valence-corrected chi connectivity index (χ0v) is 23.5. The van der Waals surface area contributed by atoms with E-state index in [1.165, 1.54) is 25.3 Å². The van der Waals surface area contributed by atoms with E-state index in [1.54, 1.807) is 4.90 Å². The minimum Gasteiger partial charge on any atom is -0.369 e. The van der Waals surface area contributed by atoms with Gasteiger partial charge in [0.1, 0.15) is 4.83 Å². The van der Waals surface area contributed by atoms with Crippen molar-refractivity contribution in [2.24, 2.45) is 23.2 Å². The molecule has 4 saturated heterocycles. The van der Waals surface area contributed by atoms with Crippen molar-refractivity contribution in [3.8, 4) is 0 Å². The number of hydrogen-bond donors (Lipinski definition) is 1. The fourth-order valence-corrected chi connectivity index (χ4v) is 9.03. The van der Waals surface area contributed by atoms with Crippen molar-refractivity contribution in [3.05, 3.63) is 22.7 Å². The van der Waals surface area contributed by atoms with Crippen LogP contribution in [0.5, 0.6) is 0 Å². The SMILES string of the molecule is O=C([C@H]1N[C@H]2CC[C@@H]1C[C@@H]2CC1CC1)N1CCC2(CC1)CN(c1c(C(F)(F)F)cnc3sc(CC(F)(F)F)cc13)C2. The van der Waals surface area contributed by atoms with Gasteiger partial charge in [-0.25, -0.2) is 4.98 Å². The molecule has 2 bridgehead atoms. The summed E-state index contributed by atoms with van der Waals surface area (Å²) in [6.45, 7) is 1.94. The molecule has 2 aromatic rings. The highest BCUT2D eigenvalue weighted by atomic mass is 32.1. The zero-order valence-electron chi connectivity index (χ0n) is 22.7. The Hall–Kier alpha value is -2.08. The average Bonchev–Trinajstić information content (AvgIpc) is 3.61. The molecule has 0 aromatic carbocycles. The number of likely N-dealkylation sites (tertiary alicyclic amines) is 1. The number of alkyl halides is 6. The zero-order chi connectivity index (χ0) is 28.7. The second-order valence-electron chi connectivity index (χ2n) is 13.2. The summed E-state index contributed by atoms with van der Waals surface area (Å²) in [5.41, 5.74) is -1.18. The maximum absolute atomic E-state index is 14.0. The molecule has 6 aliphatic rings. The molecule has 12 heteroatoms. The van der Waals surface area contributed by atoms with E-state index in [4.69, 9.17) is 0 Å².